The number of thiophene rings is 1. The summed E-state index contributed by atoms with van der Waals surface area (Å²) in [6.07, 6.45) is 0.694. The van der Waals surface area contributed by atoms with E-state index < -0.39 is 6.04 Å². The van der Waals surface area contributed by atoms with Crippen molar-refractivity contribution in [2.75, 3.05) is 6.61 Å². The second-order valence-corrected chi connectivity index (χ2v) is 4.27. The van der Waals surface area contributed by atoms with E-state index in [1.54, 1.807) is 0 Å². The highest BCUT2D eigenvalue weighted by Gasteiger charge is 2.18. The molecule has 0 aliphatic heterocycles. The third-order valence-corrected chi connectivity index (χ3v) is 3.15. The summed E-state index contributed by atoms with van der Waals surface area (Å²) in [6, 6.07) is 2.85. The molecule has 1 rings (SSSR count). The van der Waals surface area contributed by atoms with Gasteiger partial charge in [0.25, 0.3) is 0 Å². The zero-order chi connectivity index (χ0) is 11.3. The lowest BCUT2D eigenvalue weighted by atomic mass is 10.2. The second kappa shape index (κ2) is 5.85. The molecule has 4 nitrogen and oxygen atoms in total. The third-order valence-electron chi connectivity index (χ3n) is 2.19. The quantitative estimate of drug-likeness (QED) is 0.692. The first-order valence-electron chi connectivity index (χ1n) is 4.89. The van der Waals surface area contributed by atoms with Gasteiger partial charge in [0, 0.05) is 4.88 Å². The summed E-state index contributed by atoms with van der Waals surface area (Å²) >= 11 is 1.45. The zero-order valence-electron chi connectivity index (χ0n) is 8.64. The van der Waals surface area contributed by atoms with Crippen LogP contribution in [0.2, 0.25) is 0 Å². The first kappa shape index (κ1) is 12.2. The van der Waals surface area contributed by atoms with Gasteiger partial charge in [0.05, 0.1) is 12.6 Å². The van der Waals surface area contributed by atoms with E-state index in [2.05, 4.69) is 5.32 Å². The van der Waals surface area contributed by atoms with Crippen molar-refractivity contribution in [3.8, 4) is 0 Å². The summed E-state index contributed by atoms with van der Waals surface area (Å²) in [5.41, 5.74) is 5.76. The van der Waals surface area contributed by atoms with E-state index in [0.717, 1.165) is 4.88 Å². The molecule has 0 aromatic carbocycles. The topological polar surface area (TPSA) is 75.3 Å². The predicted octanol–water partition coefficient (Wildman–Crippen LogP) is 0.635. The Bertz CT molecular complexity index is 296. The van der Waals surface area contributed by atoms with Gasteiger partial charge in [-0.05, 0) is 17.9 Å². The van der Waals surface area contributed by atoms with Gasteiger partial charge < -0.3 is 16.2 Å². The molecule has 1 amide bonds. The van der Waals surface area contributed by atoms with Gasteiger partial charge in [0.15, 0.2) is 0 Å². The largest absolute Gasteiger partial charge is 0.394 e. The van der Waals surface area contributed by atoms with Crippen molar-refractivity contribution in [2.24, 2.45) is 5.73 Å². The van der Waals surface area contributed by atoms with Crippen molar-refractivity contribution >= 4 is 17.2 Å². The fraction of sp³-hybridized carbons (Fsp3) is 0.500. The van der Waals surface area contributed by atoms with Gasteiger partial charge in [0.1, 0.15) is 6.04 Å². The highest BCUT2D eigenvalue weighted by Crippen LogP contribution is 2.16. The molecule has 0 aliphatic rings. The molecule has 2 atom stereocenters. The Morgan fingerprint density at radius 2 is 2.47 bits per heavy atom. The number of aliphatic hydroxyl groups excluding tert-OH is 1. The standard InChI is InChI=1S/C10H16N2O2S/c1-2-7(6-13)12-10(14)9(11)8-4-3-5-15-8/h3-5,7,9,13H,2,6,11H2,1H3,(H,12,14)/t7-,9?/m1/s1. The SMILES string of the molecule is CC[C@H](CO)NC(=O)C(N)c1cccs1. The Balaban J connectivity index is 2.53. The van der Waals surface area contributed by atoms with E-state index >= 15 is 0 Å². The van der Waals surface area contributed by atoms with Crippen molar-refractivity contribution in [1.82, 2.24) is 5.32 Å². The van der Waals surface area contributed by atoms with Crippen LogP contribution in [0, 0.1) is 0 Å². The van der Waals surface area contributed by atoms with Crippen LogP contribution in [0.3, 0.4) is 0 Å². The van der Waals surface area contributed by atoms with Crippen LogP contribution in [0.25, 0.3) is 0 Å². The molecule has 0 aliphatic carbocycles. The van der Waals surface area contributed by atoms with Gasteiger partial charge in [-0.3, -0.25) is 4.79 Å². The number of carbonyl (C=O) groups excluding carboxylic acids is 1. The molecule has 0 fully saturated rings. The molecule has 1 aromatic heterocycles. The van der Waals surface area contributed by atoms with Gasteiger partial charge in [-0.15, -0.1) is 11.3 Å². The molecule has 4 N–H and O–H groups in total. The molecule has 0 spiro atoms. The highest BCUT2D eigenvalue weighted by molar-refractivity contribution is 7.10. The van der Waals surface area contributed by atoms with Crippen molar-refractivity contribution < 1.29 is 9.90 Å². The minimum absolute atomic E-state index is 0.0562. The molecule has 0 saturated carbocycles. The van der Waals surface area contributed by atoms with E-state index in [0.29, 0.717) is 6.42 Å². The van der Waals surface area contributed by atoms with Crippen LogP contribution in [0.15, 0.2) is 17.5 Å². The number of nitrogens with two attached hydrogens (primary N) is 1. The van der Waals surface area contributed by atoms with E-state index in [1.807, 2.05) is 24.4 Å². The van der Waals surface area contributed by atoms with Crippen LogP contribution in [0.1, 0.15) is 24.3 Å². The number of rotatable bonds is 5. The summed E-state index contributed by atoms with van der Waals surface area (Å²) < 4.78 is 0. The van der Waals surface area contributed by atoms with Crippen LogP contribution in [-0.4, -0.2) is 23.7 Å². The molecule has 15 heavy (non-hydrogen) atoms. The van der Waals surface area contributed by atoms with Crippen molar-refractivity contribution in [1.29, 1.82) is 0 Å². The number of amides is 1. The van der Waals surface area contributed by atoms with Gasteiger partial charge in [-0.2, -0.15) is 0 Å². The summed E-state index contributed by atoms with van der Waals surface area (Å²) in [5.74, 6) is -0.238. The molecule has 0 radical (unpaired) electrons. The van der Waals surface area contributed by atoms with Crippen molar-refractivity contribution in [3.63, 3.8) is 0 Å². The zero-order valence-corrected chi connectivity index (χ0v) is 9.46. The number of hydrogen-bond acceptors (Lipinski definition) is 4. The Morgan fingerprint density at radius 3 is 2.93 bits per heavy atom. The molecule has 1 aromatic rings. The summed E-state index contributed by atoms with van der Waals surface area (Å²) in [5, 5.41) is 13.5. The van der Waals surface area contributed by atoms with E-state index in [4.69, 9.17) is 10.8 Å². The fourth-order valence-electron chi connectivity index (χ4n) is 1.17. The molecular weight excluding hydrogens is 212 g/mol. The first-order chi connectivity index (χ1) is 7.19. The summed E-state index contributed by atoms with van der Waals surface area (Å²) in [7, 11) is 0. The second-order valence-electron chi connectivity index (χ2n) is 3.29. The Kier molecular flexibility index (Phi) is 4.74. The Hall–Kier alpha value is -0.910. The highest BCUT2D eigenvalue weighted by atomic mass is 32.1. The van der Waals surface area contributed by atoms with Crippen molar-refractivity contribution in [2.45, 2.75) is 25.4 Å². The molecule has 1 unspecified atom stereocenters. The van der Waals surface area contributed by atoms with E-state index in [-0.39, 0.29) is 18.6 Å². The normalized spacial score (nSPS) is 14.6. The fourth-order valence-corrected chi connectivity index (χ4v) is 1.89. The minimum Gasteiger partial charge on any atom is -0.394 e. The van der Waals surface area contributed by atoms with Gasteiger partial charge in [-0.1, -0.05) is 13.0 Å². The maximum atomic E-state index is 11.6. The predicted molar refractivity (Wildman–Crippen MR) is 60.6 cm³/mol. The lowest BCUT2D eigenvalue weighted by Crippen LogP contribution is -2.42. The molecule has 5 heteroatoms. The minimum atomic E-state index is -0.634. The Labute approximate surface area is 93.1 Å². The van der Waals surface area contributed by atoms with E-state index in [1.165, 1.54) is 11.3 Å². The van der Waals surface area contributed by atoms with Crippen LogP contribution in [0.4, 0.5) is 0 Å². The average Bonchev–Trinajstić information content (AvgIpc) is 2.77. The lowest BCUT2D eigenvalue weighted by Gasteiger charge is -2.16. The number of aliphatic hydroxyl groups is 1. The summed E-state index contributed by atoms with van der Waals surface area (Å²) in [6.45, 7) is 1.84. The average molecular weight is 228 g/mol. The number of hydrogen-bond donors (Lipinski definition) is 3. The smallest absolute Gasteiger partial charge is 0.242 e. The van der Waals surface area contributed by atoms with Gasteiger partial charge >= 0.3 is 0 Å². The molecular formula is C10H16N2O2S. The van der Waals surface area contributed by atoms with Gasteiger partial charge in [-0.25, -0.2) is 0 Å². The van der Waals surface area contributed by atoms with Crippen LogP contribution in [0.5, 0.6) is 0 Å². The Morgan fingerprint density at radius 1 is 1.73 bits per heavy atom. The van der Waals surface area contributed by atoms with Crippen LogP contribution >= 0.6 is 11.3 Å². The maximum absolute atomic E-state index is 11.6. The van der Waals surface area contributed by atoms with Crippen LogP contribution < -0.4 is 11.1 Å². The van der Waals surface area contributed by atoms with E-state index in [9.17, 15) is 4.79 Å². The maximum Gasteiger partial charge on any atom is 0.242 e. The monoisotopic (exact) mass is 228 g/mol. The summed E-state index contributed by atoms with van der Waals surface area (Å²) in [4.78, 5) is 12.5. The molecule has 0 bridgehead atoms. The van der Waals surface area contributed by atoms with Crippen molar-refractivity contribution in [3.05, 3.63) is 22.4 Å². The molecule has 1 heterocycles. The molecule has 0 saturated heterocycles. The number of nitrogens with one attached hydrogen (secondary N) is 1. The first-order valence-corrected chi connectivity index (χ1v) is 5.77. The van der Waals surface area contributed by atoms with Crippen LogP contribution in [-0.2, 0) is 4.79 Å². The molecule has 84 valence electrons. The van der Waals surface area contributed by atoms with Gasteiger partial charge in [0.2, 0.25) is 5.91 Å². The lowest BCUT2D eigenvalue weighted by molar-refractivity contribution is -0.123. The number of carbonyl (C=O) groups is 1. The third kappa shape index (κ3) is 3.30.